The molecule has 0 bridgehead atoms. The SMILES string of the molecule is CN=C(NCCN1CCCCC1)NCCN(C(=O)OC(C)(C)C)C1CC1.I. The summed E-state index contributed by atoms with van der Waals surface area (Å²) in [5, 5.41) is 6.67. The third-order valence-electron chi connectivity index (χ3n) is 4.65. The highest BCUT2D eigenvalue weighted by atomic mass is 127. The molecule has 0 aromatic heterocycles. The summed E-state index contributed by atoms with van der Waals surface area (Å²) in [4.78, 5) is 21.0. The Labute approximate surface area is 181 Å². The van der Waals surface area contributed by atoms with E-state index in [4.69, 9.17) is 4.74 Å². The lowest BCUT2D eigenvalue weighted by molar-refractivity contribution is 0.0238. The van der Waals surface area contributed by atoms with Crippen LogP contribution in [0.3, 0.4) is 0 Å². The molecule has 1 aliphatic carbocycles. The van der Waals surface area contributed by atoms with Crippen LogP contribution in [0.25, 0.3) is 0 Å². The second kappa shape index (κ2) is 11.9. The summed E-state index contributed by atoms with van der Waals surface area (Å²) in [6, 6.07) is 0.334. The lowest BCUT2D eigenvalue weighted by atomic mass is 10.1. The number of halogens is 1. The molecule has 0 aromatic rings. The van der Waals surface area contributed by atoms with E-state index in [2.05, 4.69) is 20.5 Å². The van der Waals surface area contributed by atoms with Gasteiger partial charge in [-0.15, -0.1) is 24.0 Å². The van der Waals surface area contributed by atoms with E-state index in [1.54, 1.807) is 7.05 Å². The van der Waals surface area contributed by atoms with E-state index in [0.29, 0.717) is 19.1 Å². The molecular formula is C19H38IN5O2. The molecular weight excluding hydrogens is 457 g/mol. The number of hydrogen-bond acceptors (Lipinski definition) is 4. The number of piperidine rings is 1. The minimum atomic E-state index is -0.455. The van der Waals surface area contributed by atoms with Gasteiger partial charge in [0, 0.05) is 39.3 Å². The van der Waals surface area contributed by atoms with Gasteiger partial charge in [0.15, 0.2) is 5.96 Å². The van der Waals surface area contributed by atoms with E-state index >= 15 is 0 Å². The van der Waals surface area contributed by atoms with Crippen LogP contribution >= 0.6 is 24.0 Å². The average Bonchev–Trinajstić information content (AvgIpc) is 3.41. The molecule has 158 valence electrons. The van der Waals surface area contributed by atoms with Crippen molar-refractivity contribution in [2.45, 2.75) is 64.5 Å². The fourth-order valence-electron chi connectivity index (χ4n) is 3.16. The Bertz CT molecular complexity index is 471. The Kier molecular flexibility index (Phi) is 10.7. The van der Waals surface area contributed by atoms with Crippen LogP contribution in [0.4, 0.5) is 4.79 Å². The number of nitrogens with zero attached hydrogens (tertiary/aromatic N) is 3. The van der Waals surface area contributed by atoms with Crippen LogP contribution in [-0.2, 0) is 4.74 Å². The lowest BCUT2D eigenvalue weighted by Gasteiger charge is -2.28. The molecule has 2 fully saturated rings. The van der Waals surface area contributed by atoms with E-state index in [9.17, 15) is 4.79 Å². The van der Waals surface area contributed by atoms with E-state index in [1.807, 2.05) is 25.7 Å². The van der Waals surface area contributed by atoms with Gasteiger partial charge in [0.25, 0.3) is 0 Å². The highest BCUT2D eigenvalue weighted by Crippen LogP contribution is 2.27. The van der Waals surface area contributed by atoms with Gasteiger partial charge in [-0.25, -0.2) is 4.79 Å². The molecule has 0 atom stereocenters. The number of ether oxygens (including phenoxy) is 1. The van der Waals surface area contributed by atoms with E-state index in [0.717, 1.165) is 31.9 Å². The number of nitrogens with one attached hydrogen (secondary N) is 2. The van der Waals surface area contributed by atoms with Gasteiger partial charge in [0.1, 0.15) is 5.60 Å². The molecule has 0 radical (unpaired) electrons. The Morgan fingerprint density at radius 2 is 1.78 bits per heavy atom. The first-order valence-corrected chi connectivity index (χ1v) is 10.1. The van der Waals surface area contributed by atoms with Crippen LogP contribution in [0.15, 0.2) is 4.99 Å². The first kappa shape index (κ1) is 24.3. The summed E-state index contributed by atoms with van der Waals surface area (Å²) in [6.07, 6.45) is 5.92. The molecule has 1 amide bonds. The first-order valence-electron chi connectivity index (χ1n) is 10.1. The van der Waals surface area contributed by atoms with Crippen molar-refractivity contribution in [3.05, 3.63) is 0 Å². The quantitative estimate of drug-likeness (QED) is 0.323. The van der Waals surface area contributed by atoms with Gasteiger partial charge >= 0.3 is 6.09 Å². The fourth-order valence-corrected chi connectivity index (χ4v) is 3.16. The molecule has 1 aliphatic heterocycles. The van der Waals surface area contributed by atoms with E-state index in [1.165, 1.54) is 32.4 Å². The maximum atomic E-state index is 12.4. The minimum Gasteiger partial charge on any atom is -0.444 e. The average molecular weight is 495 g/mol. The van der Waals surface area contributed by atoms with Gasteiger partial charge in [-0.05, 0) is 59.5 Å². The van der Waals surface area contributed by atoms with Crippen LogP contribution in [-0.4, -0.2) is 79.8 Å². The summed E-state index contributed by atoms with van der Waals surface area (Å²) >= 11 is 0. The maximum Gasteiger partial charge on any atom is 0.410 e. The van der Waals surface area contributed by atoms with Crippen LogP contribution in [0.2, 0.25) is 0 Å². The number of aliphatic imine (C=N–C) groups is 1. The van der Waals surface area contributed by atoms with Crippen molar-refractivity contribution >= 4 is 36.0 Å². The molecule has 0 spiro atoms. The van der Waals surface area contributed by atoms with Crippen molar-refractivity contribution in [1.29, 1.82) is 0 Å². The summed E-state index contributed by atoms with van der Waals surface area (Å²) in [7, 11) is 1.78. The number of carbonyl (C=O) groups is 1. The number of rotatable bonds is 7. The van der Waals surface area contributed by atoms with Crippen LogP contribution < -0.4 is 10.6 Å². The standard InChI is InChI=1S/C19H37N5O2.HI/c1-19(2,3)26-18(25)24(16-8-9-16)15-11-22-17(20-4)21-10-14-23-12-6-5-7-13-23;/h16H,5-15H2,1-4H3,(H2,20,21,22);1H. The molecule has 2 aliphatic rings. The van der Waals surface area contributed by atoms with Gasteiger partial charge in [-0.1, -0.05) is 6.42 Å². The lowest BCUT2D eigenvalue weighted by Crippen LogP contribution is -2.46. The second-order valence-electron chi connectivity index (χ2n) is 8.23. The maximum absolute atomic E-state index is 12.4. The highest BCUT2D eigenvalue weighted by Gasteiger charge is 2.34. The van der Waals surface area contributed by atoms with Crippen LogP contribution in [0, 0.1) is 0 Å². The van der Waals surface area contributed by atoms with Crippen molar-refractivity contribution < 1.29 is 9.53 Å². The predicted molar refractivity (Wildman–Crippen MR) is 121 cm³/mol. The molecule has 27 heavy (non-hydrogen) atoms. The molecule has 2 N–H and O–H groups in total. The Hall–Kier alpha value is -0.770. The van der Waals surface area contributed by atoms with Gasteiger partial charge in [0.05, 0.1) is 0 Å². The largest absolute Gasteiger partial charge is 0.444 e. The zero-order valence-electron chi connectivity index (χ0n) is 17.4. The molecule has 8 heteroatoms. The minimum absolute atomic E-state index is 0. The van der Waals surface area contributed by atoms with Gasteiger partial charge in [0.2, 0.25) is 0 Å². The monoisotopic (exact) mass is 495 g/mol. The summed E-state index contributed by atoms with van der Waals surface area (Å²) in [5.74, 6) is 0.793. The fraction of sp³-hybridized carbons (Fsp3) is 0.895. The van der Waals surface area contributed by atoms with Crippen molar-refractivity contribution in [3.8, 4) is 0 Å². The van der Waals surface area contributed by atoms with Gasteiger partial charge in [-0.2, -0.15) is 0 Å². The molecule has 0 aromatic carbocycles. The number of hydrogen-bond donors (Lipinski definition) is 2. The third-order valence-corrected chi connectivity index (χ3v) is 4.65. The molecule has 2 rings (SSSR count). The smallest absolute Gasteiger partial charge is 0.410 e. The number of carbonyl (C=O) groups excluding carboxylic acids is 1. The topological polar surface area (TPSA) is 69.2 Å². The number of guanidine groups is 1. The zero-order chi connectivity index (χ0) is 19.0. The van der Waals surface area contributed by atoms with Crippen molar-refractivity contribution in [2.75, 3.05) is 46.3 Å². The third kappa shape index (κ3) is 9.82. The van der Waals surface area contributed by atoms with E-state index < -0.39 is 5.60 Å². The summed E-state index contributed by atoms with van der Waals surface area (Å²) < 4.78 is 5.52. The first-order chi connectivity index (χ1) is 12.4. The van der Waals surface area contributed by atoms with Crippen molar-refractivity contribution in [3.63, 3.8) is 0 Å². The highest BCUT2D eigenvalue weighted by molar-refractivity contribution is 14.0. The summed E-state index contributed by atoms with van der Waals surface area (Å²) in [6.45, 7) is 11.4. The number of amides is 1. The van der Waals surface area contributed by atoms with Crippen molar-refractivity contribution in [2.24, 2.45) is 4.99 Å². The molecule has 7 nitrogen and oxygen atoms in total. The number of likely N-dealkylation sites (tertiary alicyclic amines) is 1. The Morgan fingerprint density at radius 3 is 2.33 bits per heavy atom. The van der Waals surface area contributed by atoms with Gasteiger partial charge < -0.3 is 25.2 Å². The molecule has 1 saturated heterocycles. The second-order valence-corrected chi connectivity index (χ2v) is 8.23. The Morgan fingerprint density at radius 1 is 1.15 bits per heavy atom. The Balaban J connectivity index is 0.00000364. The summed E-state index contributed by atoms with van der Waals surface area (Å²) in [5.41, 5.74) is -0.455. The predicted octanol–water partition coefficient (Wildman–Crippen LogP) is 2.65. The van der Waals surface area contributed by atoms with E-state index in [-0.39, 0.29) is 30.1 Å². The molecule has 1 saturated carbocycles. The van der Waals surface area contributed by atoms with Crippen LogP contribution in [0.1, 0.15) is 52.9 Å². The van der Waals surface area contributed by atoms with Crippen LogP contribution in [0.5, 0.6) is 0 Å². The normalized spacial score (nSPS) is 18.4. The molecule has 1 heterocycles. The molecule has 0 unspecified atom stereocenters. The van der Waals surface area contributed by atoms with Gasteiger partial charge in [-0.3, -0.25) is 4.99 Å². The van der Waals surface area contributed by atoms with Crippen molar-refractivity contribution in [1.82, 2.24) is 20.4 Å². The zero-order valence-corrected chi connectivity index (χ0v) is 19.8.